The summed E-state index contributed by atoms with van der Waals surface area (Å²) in [6, 6.07) is 14.1. The molecule has 2 aromatic rings. The fourth-order valence-electron chi connectivity index (χ4n) is 2.86. The van der Waals surface area contributed by atoms with Crippen molar-refractivity contribution >= 4 is 35.6 Å². The second-order valence-corrected chi connectivity index (χ2v) is 5.85. The summed E-state index contributed by atoms with van der Waals surface area (Å²) < 4.78 is 5.33. The lowest BCUT2D eigenvalue weighted by Gasteiger charge is -2.30. The van der Waals surface area contributed by atoms with Crippen molar-refractivity contribution in [2.45, 2.75) is 25.8 Å². The van der Waals surface area contributed by atoms with E-state index in [4.69, 9.17) is 9.73 Å². The summed E-state index contributed by atoms with van der Waals surface area (Å²) in [4.78, 5) is 11.4. The molecule has 1 N–H and O–H groups in total. The third kappa shape index (κ3) is 5.59. The molecule has 1 aromatic carbocycles. The van der Waals surface area contributed by atoms with Gasteiger partial charge in [0.2, 0.25) is 5.88 Å². The molecule has 0 bridgehead atoms. The summed E-state index contributed by atoms with van der Waals surface area (Å²) in [5.41, 5.74) is 2.05. The van der Waals surface area contributed by atoms with E-state index >= 15 is 0 Å². The number of methoxy groups -OCH3 is 1. The first-order valence-electron chi connectivity index (χ1n) is 8.46. The van der Waals surface area contributed by atoms with Crippen molar-refractivity contribution in [2.24, 2.45) is 4.99 Å². The van der Waals surface area contributed by atoms with Crippen molar-refractivity contribution in [3.05, 3.63) is 54.2 Å². The van der Waals surface area contributed by atoms with Crippen LogP contribution in [-0.4, -0.2) is 36.0 Å². The molecule has 0 unspecified atom stereocenters. The maximum absolute atomic E-state index is 5.33. The lowest BCUT2D eigenvalue weighted by atomic mass is 10.1. The number of ether oxygens (including phenoxy) is 1. The average molecular weight is 452 g/mol. The number of aromatic nitrogens is 1. The van der Waals surface area contributed by atoms with Crippen LogP contribution in [0.5, 0.6) is 5.88 Å². The molecule has 25 heavy (non-hydrogen) atoms. The van der Waals surface area contributed by atoms with Crippen LogP contribution in [0.2, 0.25) is 0 Å². The zero-order valence-corrected chi connectivity index (χ0v) is 16.8. The molecule has 0 amide bonds. The van der Waals surface area contributed by atoms with E-state index in [1.165, 1.54) is 19.3 Å². The van der Waals surface area contributed by atoms with E-state index in [0.29, 0.717) is 12.4 Å². The van der Waals surface area contributed by atoms with Crippen molar-refractivity contribution in [1.82, 2.24) is 9.88 Å². The number of hydrogen-bond acceptors (Lipinski definition) is 3. The molecular weight excluding hydrogens is 427 g/mol. The van der Waals surface area contributed by atoms with Gasteiger partial charge >= 0.3 is 0 Å². The van der Waals surface area contributed by atoms with E-state index in [0.717, 1.165) is 30.3 Å². The van der Waals surface area contributed by atoms with Gasteiger partial charge in [0.25, 0.3) is 0 Å². The standard InChI is InChI=1S/C19H24N4O.HI/c1-24-18-16(9-8-12-20-18)15-21-19(23-13-6-3-7-14-23)22-17-10-4-2-5-11-17;/h2,4-5,8-12H,3,6-7,13-15H2,1H3,(H,21,22);1H. The Morgan fingerprint density at radius 3 is 2.60 bits per heavy atom. The highest BCUT2D eigenvalue weighted by atomic mass is 127. The SMILES string of the molecule is COc1ncccc1CN=C(Nc1ccccc1)N1CCCCC1.I. The fourth-order valence-corrected chi connectivity index (χ4v) is 2.86. The van der Waals surface area contributed by atoms with Gasteiger partial charge in [-0.15, -0.1) is 24.0 Å². The molecule has 0 aliphatic carbocycles. The van der Waals surface area contributed by atoms with Crippen molar-refractivity contribution in [3.8, 4) is 5.88 Å². The van der Waals surface area contributed by atoms with Crippen LogP contribution in [0.4, 0.5) is 5.69 Å². The van der Waals surface area contributed by atoms with Crippen LogP contribution in [0.25, 0.3) is 0 Å². The van der Waals surface area contributed by atoms with Crippen LogP contribution in [0.15, 0.2) is 53.7 Å². The zero-order valence-electron chi connectivity index (χ0n) is 14.5. The summed E-state index contributed by atoms with van der Waals surface area (Å²) in [6.07, 6.45) is 5.46. The Morgan fingerprint density at radius 1 is 1.12 bits per heavy atom. The Hall–Kier alpha value is -1.83. The summed E-state index contributed by atoms with van der Waals surface area (Å²) in [5, 5.41) is 3.47. The van der Waals surface area contributed by atoms with Gasteiger partial charge in [0, 0.05) is 30.5 Å². The number of aliphatic imine (C=N–C) groups is 1. The molecule has 1 aromatic heterocycles. The normalized spacial score (nSPS) is 14.6. The topological polar surface area (TPSA) is 49.8 Å². The molecule has 0 radical (unpaired) electrons. The minimum Gasteiger partial charge on any atom is -0.481 e. The lowest BCUT2D eigenvalue weighted by Crippen LogP contribution is -2.40. The van der Waals surface area contributed by atoms with Crippen molar-refractivity contribution in [2.75, 3.05) is 25.5 Å². The van der Waals surface area contributed by atoms with E-state index in [2.05, 4.69) is 27.3 Å². The number of guanidine groups is 1. The molecule has 0 spiro atoms. The molecular formula is C19H25IN4O. The number of pyridine rings is 1. The first-order valence-corrected chi connectivity index (χ1v) is 8.46. The van der Waals surface area contributed by atoms with E-state index in [1.807, 2.05) is 30.3 Å². The second kappa shape index (κ2) is 10.2. The smallest absolute Gasteiger partial charge is 0.218 e. The van der Waals surface area contributed by atoms with Gasteiger partial charge in [-0.05, 0) is 37.5 Å². The van der Waals surface area contributed by atoms with Crippen LogP contribution in [-0.2, 0) is 6.54 Å². The van der Waals surface area contributed by atoms with Crippen LogP contribution >= 0.6 is 24.0 Å². The van der Waals surface area contributed by atoms with Gasteiger partial charge in [-0.2, -0.15) is 0 Å². The van der Waals surface area contributed by atoms with E-state index in [-0.39, 0.29) is 24.0 Å². The van der Waals surface area contributed by atoms with Crippen LogP contribution in [0.1, 0.15) is 24.8 Å². The maximum Gasteiger partial charge on any atom is 0.218 e. The van der Waals surface area contributed by atoms with Crippen molar-refractivity contribution in [3.63, 3.8) is 0 Å². The molecule has 5 nitrogen and oxygen atoms in total. The predicted octanol–water partition coefficient (Wildman–Crippen LogP) is 4.16. The van der Waals surface area contributed by atoms with E-state index < -0.39 is 0 Å². The number of rotatable bonds is 4. The number of benzene rings is 1. The monoisotopic (exact) mass is 452 g/mol. The predicted molar refractivity (Wildman–Crippen MR) is 113 cm³/mol. The number of halogens is 1. The number of nitrogens with zero attached hydrogens (tertiary/aromatic N) is 3. The minimum atomic E-state index is 0. The summed E-state index contributed by atoms with van der Waals surface area (Å²) in [6.45, 7) is 2.63. The van der Waals surface area contributed by atoms with Crippen molar-refractivity contribution < 1.29 is 4.74 Å². The Labute approximate surface area is 166 Å². The molecule has 134 valence electrons. The van der Waals surface area contributed by atoms with Gasteiger partial charge in [0.1, 0.15) is 0 Å². The van der Waals surface area contributed by atoms with Crippen LogP contribution < -0.4 is 10.1 Å². The molecule has 0 saturated carbocycles. The molecule has 2 heterocycles. The maximum atomic E-state index is 5.33. The highest BCUT2D eigenvalue weighted by Gasteiger charge is 2.15. The van der Waals surface area contributed by atoms with Gasteiger partial charge in [-0.25, -0.2) is 9.98 Å². The fraction of sp³-hybridized carbons (Fsp3) is 0.368. The molecule has 0 atom stereocenters. The van der Waals surface area contributed by atoms with Gasteiger partial charge in [0.05, 0.1) is 13.7 Å². The van der Waals surface area contributed by atoms with Gasteiger partial charge in [-0.1, -0.05) is 24.3 Å². The zero-order chi connectivity index (χ0) is 16.6. The Morgan fingerprint density at radius 2 is 1.88 bits per heavy atom. The molecule has 1 saturated heterocycles. The molecule has 3 rings (SSSR count). The second-order valence-electron chi connectivity index (χ2n) is 5.85. The van der Waals surface area contributed by atoms with Gasteiger partial charge < -0.3 is 15.0 Å². The van der Waals surface area contributed by atoms with Crippen molar-refractivity contribution in [1.29, 1.82) is 0 Å². The number of nitrogens with one attached hydrogen (secondary N) is 1. The number of piperidine rings is 1. The Kier molecular flexibility index (Phi) is 7.97. The quantitative estimate of drug-likeness (QED) is 0.430. The molecule has 1 aliphatic rings. The van der Waals surface area contributed by atoms with E-state index in [9.17, 15) is 0 Å². The number of likely N-dealkylation sites (tertiary alicyclic amines) is 1. The number of anilines is 1. The molecule has 1 aliphatic heterocycles. The Bertz CT molecular complexity index is 672. The first kappa shape index (κ1) is 19.5. The lowest BCUT2D eigenvalue weighted by molar-refractivity contribution is 0.340. The highest BCUT2D eigenvalue weighted by molar-refractivity contribution is 14.0. The third-order valence-electron chi connectivity index (χ3n) is 4.13. The number of hydrogen-bond donors (Lipinski definition) is 1. The molecule has 1 fully saturated rings. The number of para-hydroxylation sites is 1. The van der Waals surface area contributed by atoms with Gasteiger partial charge in [-0.3, -0.25) is 0 Å². The van der Waals surface area contributed by atoms with Crippen LogP contribution in [0, 0.1) is 0 Å². The summed E-state index contributed by atoms with van der Waals surface area (Å²) in [5.74, 6) is 1.56. The Balaban J connectivity index is 0.00000225. The average Bonchev–Trinajstić information content (AvgIpc) is 2.67. The first-order chi connectivity index (χ1) is 11.9. The summed E-state index contributed by atoms with van der Waals surface area (Å²) >= 11 is 0. The molecule has 6 heteroatoms. The van der Waals surface area contributed by atoms with E-state index in [1.54, 1.807) is 13.3 Å². The summed E-state index contributed by atoms with van der Waals surface area (Å²) in [7, 11) is 1.64. The third-order valence-corrected chi connectivity index (χ3v) is 4.13. The van der Waals surface area contributed by atoms with Crippen LogP contribution in [0.3, 0.4) is 0 Å². The largest absolute Gasteiger partial charge is 0.481 e. The minimum absolute atomic E-state index is 0. The van der Waals surface area contributed by atoms with Gasteiger partial charge in [0.15, 0.2) is 5.96 Å². The highest BCUT2D eigenvalue weighted by Crippen LogP contribution is 2.17.